The number of hydrogen-bond acceptors (Lipinski definition) is 11. The SMILES string of the molecule is C[C@H](c1cc(C2CC2)cnc1N)N1CCOc2c(Cl)c(-c3ccc(F)c4sc(N)c(C#N)c34)c(F)c3nc(OC[C@@]45CCCN4C[C@H](F)C5)nc1c23. The number of nitriles is 1. The first-order valence-electron chi connectivity index (χ1n) is 17.4. The van der Waals surface area contributed by atoms with Gasteiger partial charge in [-0.05, 0) is 68.3 Å². The molecule has 1 saturated carbocycles. The maximum absolute atomic E-state index is 17.4. The van der Waals surface area contributed by atoms with Crippen molar-refractivity contribution in [3.8, 4) is 29.0 Å². The van der Waals surface area contributed by atoms with Crippen LogP contribution in [0.15, 0.2) is 24.4 Å². The van der Waals surface area contributed by atoms with Crippen LogP contribution in [0.4, 0.5) is 29.8 Å². The summed E-state index contributed by atoms with van der Waals surface area (Å²) in [6.07, 6.45) is 5.05. The lowest BCUT2D eigenvalue weighted by atomic mass is 9.95. The molecule has 52 heavy (non-hydrogen) atoms. The molecule has 5 aromatic rings. The molecule has 10 nitrogen and oxygen atoms in total. The Kier molecular flexibility index (Phi) is 7.84. The Labute approximate surface area is 306 Å². The minimum atomic E-state index is -0.966. The zero-order valence-electron chi connectivity index (χ0n) is 28.2. The highest BCUT2D eigenvalue weighted by atomic mass is 35.5. The number of pyridine rings is 1. The summed E-state index contributed by atoms with van der Waals surface area (Å²) in [5.41, 5.74) is 13.9. The second kappa shape index (κ2) is 12.2. The third-order valence-corrected chi connectivity index (χ3v) is 12.5. The molecule has 3 aliphatic heterocycles. The van der Waals surface area contributed by atoms with Crippen molar-refractivity contribution >= 4 is 60.6 Å². The van der Waals surface area contributed by atoms with Crippen LogP contribution in [0.1, 0.15) is 67.7 Å². The maximum atomic E-state index is 17.4. The Morgan fingerprint density at radius 3 is 2.83 bits per heavy atom. The van der Waals surface area contributed by atoms with Crippen LogP contribution in [0.3, 0.4) is 0 Å². The molecule has 268 valence electrons. The predicted molar refractivity (Wildman–Crippen MR) is 195 cm³/mol. The average Bonchev–Trinajstić information content (AvgIpc) is 3.77. The molecule has 15 heteroatoms. The second-order valence-corrected chi connectivity index (χ2v) is 15.7. The van der Waals surface area contributed by atoms with Crippen molar-refractivity contribution in [2.24, 2.45) is 0 Å². The molecule has 6 heterocycles. The highest BCUT2D eigenvalue weighted by Gasteiger charge is 2.49. The normalized spacial score (nSPS) is 22.0. The van der Waals surface area contributed by atoms with Crippen molar-refractivity contribution in [2.75, 3.05) is 49.2 Å². The molecule has 4 aliphatic rings. The number of rotatable bonds is 7. The average molecular weight is 747 g/mol. The number of nitrogen functional groups attached to an aromatic ring is 2. The molecule has 4 N–H and O–H groups in total. The number of nitrogens with zero attached hydrogens (tertiary/aromatic N) is 6. The van der Waals surface area contributed by atoms with E-state index in [1.54, 1.807) is 0 Å². The van der Waals surface area contributed by atoms with Gasteiger partial charge in [-0.15, -0.1) is 11.3 Å². The highest BCUT2D eigenvalue weighted by Crippen LogP contribution is 2.52. The number of thiophene rings is 1. The molecule has 0 radical (unpaired) electrons. The Morgan fingerprint density at radius 2 is 2.04 bits per heavy atom. The van der Waals surface area contributed by atoms with E-state index in [0.717, 1.165) is 54.7 Å². The Bertz CT molecular complexity index is 2350. The third kappa shape index (κ3) is 5.11. The Morgan fingerprint density at radius 1 is 1.21 bits per heavy atom. The molecule has 1 aliphatic carbocycles. The van der Waals surface area contributed by atoms with E-state index in [9.17, 15) is 9.65 Å². The van der Waals surface area contributed by atoms with Crippen molar-refractivity contribution in [1.29, 1.82) is 5.26 Å². The summed E-state index contributed by atoms with van der Waals surface area (Å²) in [4.78, 5) is 18.1. The second-order valence-electron chi connectivity index (χ2n) is 14.2. The molecule has 0 unspecified atom stereocenters. The van der Waals surface area contributed by atoms with Crippen molar-refractivity contribution in [3.05, 3.63) is 57.7 Å². The zero-order valence-corrected chi connectivity index (χ0v) is 29.8. The van der Waals surface area contributed by atoms with Crippen molar-refractivity contribution in [3.63, 3.8) is 0 Å². The molecule has 9 rings (SSSR count). The summed E-state index contributed by atoms with van der Waals surface area (Å²) in [7, 11) is 0. The minimum absolute atomic E-state index is 0.0204. The van der Waals surface area contributed by atoms with Gasteiger partial charge in [0.25, 0.3) is 0 Å². The van der Waals surface area contributed by atoms with Crippen molar-refractivity contribution in [2.45, 2.75) is 62.7 Å². The predicted octanol–water partition coefficient (Wildman–Crippen LogP) is 7.67. The summed E-state index contributed by atoms with van der Waals surface area (Å²) in [6.45, 7) is 3.66. The molecule has 3 aromatic heterocycles. The van der Waals surface area contributed by atoms with Gasteiger partial charge in [-0.3, -0.25) is 4.90 Å². The quantitative estimate of drug-likeness (QED) is 0.171. The first kappa shape index (κ1) is 33.3. The number of aromatic nitrogens is 3. The van der Waals surface area contributed by atoms with E-state index in [4.69, 9.17) is 37.5 Å². The van der Waals surface area contributed by atoms with Gasteiger partial charge in [0.2, 0.25) is 0 Å². The third-order valence-electron chi connectivity index (χ3n) is 11.2. The van der Waals surface area contributed by atoms with E-state index in [1.165, 1.54) is 12.1 Å². The number of benzene rings is 2. The van der Waals surface area contributed by atoms with Crippen LogP contribution in [-0.2, 0) is 0 Å². The molecular weight excluding hydrogens is 713 g/mol. The first-order valence-corrected chi connectivity index (χ1v) is 18.6. The van der Waals surface area contributed by atoms with Gasteiger partial charge < -0.3 is 25.8 Å². The number of ether oxygens (including phenoxy) is 2. The van der Waals surface area contributed by atoms with Crippen LogP contribution in [0, 0.1) is 23.0 Å². The molecule has 0 spiro atoms. The van der Waals surface area contributed by atoms with Gasteiger partial charge in [0.05, 0.1) is 38.8 Å². The van der Waals surface area contributed by atoms with Gasteiger partial charge >= 0.3 is 6.01 Å². The van der Waals surface area contributed by atoms with E-state index in [0.29, 0.717) is 37.1 Å². The van der Waals surface area contributed by atoms with Crippen molar-refractivity contribution in [1.82, 2.24) is 19.9 Å². The summed E-state index contributed by atoms with van der Waals surface area (Å²) in [6, 6.07) is 6.20. The van der Waals surface area contributed by atoms with Gasteiger partial charge in [0.1, 0.15) is 53.4 Å². The fourth-order valence-electron chi connectivity index (χ4n) is 8.42. The molecule has 3 atom stereocenters. The Balaban J connectivity index is 1.25. The monoisotopic (exact) mass is 746 g/mol. The fraction of sp³-hybridized carbons (Fsp3) is 0.405. The van der Waals surface area contributed by atoms with E-state index in [-0.39, 0.29) is 78.7 Å². The van der Waals surface area contributed by atoms with E-state index < -0.39 is 23.3 Å². The molecule has 3 fully saturated rings. The zero-order chi connectivity index (χ0) is 36.1. The van der Waals surface area contributed by atoms with Crippen LogP contribution in [-0.4, -0.2) is 64.4 Å². The number of halogens is 4. The first-order chi connectivity index (χ1) is 25.1. The molecule has 2 saturated heterocycles. The number of fused-ring (bicyclic) bond motifs is 2. The summed E-state index contributed by atoms with van der Waals surface area (Å²) in [5, 5.41) is 10.4. The molecule has 2 aromatic carbocycles. The summed E-state index contributed by atoms with van der Waals surface area (Å²) < 4.78 is 59.9. The van der Waals surface area contributed by atoms with E-state index in [1.807, 2.05) is 24.1 Å². The molecule has 0 amide bonds. The van der Waals surface area contributed by atoms with Gasteiger partial charge in [-0.25, -0.2) is 18.2 Å². The number of hydrogen-bond donors (Lipinski definition) is 2. The van der Waals surface area contributed by atoms with E-state index in [2.05, 4.69) is 20.9 Å². The minimum Gasteiger partial charge on any atom is -0.489 e. The molecular formula is C37H34ClF3N8O2S. The lowest BCUT2D eigenvalue weighted by Crippen LogP contribution is -2.43. The van der Waals surface area contributed by atoms with Gasteiger partial charge in [-0.1, -0.05) is 17.7 Å². The van der Waals surface area contributed by atoms with E-state index >= 15 is 8.78 Å². The number of nitrogens with two attached hydrogens (primary N) is 2. The van der Waals surface area contributed by atoms with Crippen molar-refractivity contribution < 1.29 is 22.6 Å². The fourth-order valence-corrected chi connectivity index (χ4v) is 9.70. The number of alkyl halides is 1. The van der Waals surface area contributed by atoms with Crippen LogP contribution in [0.5, 0.6) is 11.8 Å². The van der Waals surface area contributed by atoms with Gasteiger partial charge in [0.15, 0.2) is 11.6 Å². The van der Waals surface area contributed by atoms with Crippen LogP contribution in [0.25, 0.3) is 32.1 Å². The number of anilines is 3. The lowest BCUT2D eigenvalue weighted by molar-refractivity contribution is 0.107. The lowest BCUT2D eigenvalue weighted by Gasteiger charge is -2.32. The van der Waals surface area contributed by atoms with Gasteiger partial charge in [0, 0.05) is 35.7 Å². The van der Waals surface area contributed by atoms with Crippen LogP contribution >= 0.6 is 22.9 Å². The topological polar surface area (TPSA) is 139 Å². The maximum Gasteiger partial charge on any atom is 0.319 e. The molecule has 0 bridgehead atoms. The summed E-state index contributed by atoms with van der Waals surface area (Å²) >= 11 is 8.00. The smallest absolute Gasteiger partial charge is 0.319 e. The van der Waals surface area contributed by atoms with Crippen LogP contribution < -0.4 is 25.8 Å². The Hall–Kier alpha value is -4.58. The standard InChI is InChI=1S/C37H34ClF3N8O2S/c1-17(22-11-19(18-3-4-18)14-45-33(22)43)49-9-10-50-31-27-30(46-36(47-35(27)49)51-16-37-7-2-8-48(37)15-20(39)12-37)29(41)26(28(31)38)21-5-6-24(40)32-25(21)23(13-42)34(44)52-32/h5-6,11,14,17-18,20H,2-4,7-10,12,15-16,44H2,1H3,(H2,43,45)/t17-,20-,37+/m1/s1. The van der Waals surface area contributed by atoms with Crippen LogP contribution in [0.2, 0.25) is 5.02 Å². The summed E-state index contributed by atoms with van der Waals surface area (Å²) in [5.74, 6) is -0.167. The van der Waals surface area contributed by atoms with Gasteiger partial charge in [-0.2, -0.15) is 15.2 Å². The largest absolute Gasteiger partial charge is 0.489 e. The highest BCUT2D eigenvalue weighted by molar-refractivity contribution is 7.23.